The van der Waals surface area contributed by atoms with Gasteiger partial charge < -0.3 is 20.6 Å². The lowest BCUT2D eigenvalue weighted by Crippen LogP contribution is -2.57. The molecule has 0 aromatic carbocycles. The van der Waals surface area contributed by atoms with E-state index in [0.29, 0.717) is 26.1 Å². The lowest BCUT2D eigenvalue weighted by molar-refractivity contribution is -0.139. The van der Waals surface area contributed by atoms with E-state index in [4.69, 9.17) is 10.8 Å². The number of likely N-dealkylation sites (tertiary alicyclic amines) is 2. The molecule has 0 saturated carbocycles. The standard InChI is InChI=1S/C11H17N3O4/c12-10(17)8-2-1-3-14(8)11(18)13-5-7(6-13)4-9(15)16/h7-8H,1-6H2,(H2,12,17)(H,15,16). The summed E-state index contributed by atoms with van der Waals surface area (Å²) in [5.41, 5.74) is 5.25. The Morgan fingerprint density at radius 3 is 2.50 bits per heavy atom. The largest absolute Gasteiger partial charge is 0.481 e. The highest BCUT2D eigenvalue weighted by atomic mass is 16.4. The summed E-state index contributed by atoms with van der Waals surface area (Å²) >= 11 is 0. The minimum absolute atomic E-state index is 0.0288. The average molecular weight is 255 g/mol. The number of carboxylic acid groups (broad SMARTS) is 1. The molecule has 2 heterocycles. The number of carbonyl (C=O) groups is 3. The molecule has 1 atom stereocenters. The van der Waals surface area contributed by atoms with Crippen LogP contribution in [-0.4, -0.2) is 58.5 Å². The summed E-state index contributed by atoms with van der Waals surface area (Å²) in [7, 11) is 0. The molecule has 100 valence electrons. The summed E-state index contributed by atoms with van der Waals surface area (Å²) in [6, 6.07) is -0.700. The van der Waals surface area contributed by atoms with Gasteiger partial charge in [-0.3, -0.25) is 9.59 Å². The van der Waals surface area contributed by atoms with Crippen LogP contribution in [0.3, 0.4) is 0 Å². The molecule has 0 aromatic rings. The Balaban J connectivity index is 1.86. The van der Waals surface area contributed by atoms with Gasteiger partial charge in [0.15, 0.2) is 0 Å². The Bertz CT molecular complexity index is 378. The van der Waals surface area contributed by atoms with E-state index in [2.05, 4.69) is 0 Å². The van der Waals surface area contributed by atoms with Crippen molar-refractivity contribution >= 4 is 17.9 Å². The van der Waals surface area contributed by atoms with Gasteiger partial charge in [-0.05, 0) is 12.8 Å². The van der Waals surface area contributed by atoms with Crippen LogP contribution in [0.15, 0.2) is 0 Å². The number of aliphatic carboxylic acids is 1. The van der Waals surface area contributed by atoms with Gasteiger partial charge in [0.1, 0.15) is 6.04 Å². The number of urea groups is 1. The Morgan fingerprint density at radius 1 is 1.28 bits per heavy atom. The van der Waals surface area contributed by atoms with E-state index in [9.17, 15) is 14.4 Å². The molecule has 3 amide bonds. The molecule has 2 saturated heterocycles. The molecule has 7 heteroatoms. The van der Waals surface area contributed by atoms with Gasteiger partial charge in [-0.2, -0.15) is 0 Å². The molecule has 18 heavy (non-hydrogen) atoms. The number of carboxylic acids is 1. The number of nitrogens with two attached hydrogens (primary N) is 1. The summed E-state index contributed by atoms with van der Waals surface area (Å²) in [5.74, 6) is -1.28. The van der Waals surface area contributed by atoms with Crippen LogP contribution in [0, 0.1) is 5.92 Å². The molecule has 0 bridgehead atoms. The Labute approximate surface area is 105 Å². The molecule has 0 aromatic heterocycles. The van der Waals surface area contributed by atoms with Crippen LogP contribution in [-0.2, 0) is 9.59 Å². The second kappa shape index (κ2) is 4.83. The van der Waals surface area contributed by atoms with Gasteiger partial charge in [0.25, 0.3) is 0 Å². The van der Waals surface area contributed by atoms with Crippen LogP contribution in [0.25, 0.3) is 0 Å². The molecule has 2 fully saturated rings. The second-order valence-corrected chi connectivity index (χ2v) is 4.91. The highest BCUT2D eigenvalue weighted by molar-refractivity contribution is 5.86. The molecule has 0 spiro atoms. The Kier molecular flexibility index (Phi) is 3.40. The van der Waals surface area contributed by atoms with Gasteiger partial charge in [0, 0.05) is 25.6 Å². The van der Waals surface area contributed by atoms with Gasteiger partial charge in [-0.25, -0.2) is 4.79 Å². The van der Waals surface area contributed by atoms with E-state index in [0.717, 1.165) is 6.42 Å². The first-order valence-corrected chi connectivity index (χ1v) is 6.05. The molecule has 0 radical (unpaired) electrons. The van der Waals surface area contributed by atoms with Gasteiger partial charge in [-0.15, -0.1) is 0 Å². The minimum atomic E-state index is -0.844. The molecule has 7 nitrogen and oxygen atoms in total. The maximum atomic E-state index is 12.1. The number of amides is 3. The Morgan fingerprint density at radius 2 is 1.94 bits per heavy atom. The first-order chi connectivity index (χ1) is 8.49. The van der Waals surface area contributed by atoms with Crippen LogP contribution < -0.4 is 5.73 Å². The van der Waals surface area contributed by atoms with E-state index in [1.165, 1.54) is 4.90 Å². The SMILES string of the molecule is NC(=O)C1CCCN1C(=O)N1CC(CC(=O)O)C1. The second-order valence-electron chi connectivity index (χ2n) is 4.91. The van der Waals surface area contributed by atoms with Crippen molar-refractivity contribution in [3.8, 4) is 0 Å². The highest BCUT2D eigenvalue weighted by Crippen LogP contribution is 2.24. The fraction of sp³-hybridized carbons (Fsp3) is 0.727. The monoisotopic (exact) mass is 255 g/mol. The number of carbonyl (C=O) groups excluding carboxylic acids is 2. The summed E-state index contributed by atoms with van der Waals surface area (Å²) in [4.78, 5) is 36.8. The number of nitrogens with zero attached hydrogens (tertiary/aromatic N) is 2. The fourth-order valence-corrected chi connectivity index (χ4v) is 2.58. The third-order valence-electron chi connectivity index (χ3n) is 3.52. The molecular weight excluding hydrogens is 238 g/mol. The van der Waals surface area contributed by atoms with Gasteiger partial charge >= 0.3 is 12.0 Å². The molecule has 1 unspecified atom stereocenters. The number of primary amides is 1. The smallest absolute Gasteiger partial charge is 0.320 e. The van der Waals surface area contributed by atoms with Crippen molar-refractivity contribution in [2.45, 2.75) is 25.3 Å². The molecule has 2 aliphatic heterocycles. The van der Waals surface area contributed by atoms with Gasteiger partial charge in [0.05, 0.1) is 6.42 Å². The van der Waals surface area contributed by atoms with E-state index in [1.807, 2.05) is 0 Å². The molecule has 2 aliphatic rings. The maximum absolute atomic E-state index is 12.1. The summed E-state index contributed by atoms with van der Waals surface area (Å²) in [6.07, 6.45) is 1.49. The van der Waals surface area contributed by atoms with E-state index >= 15 is 0 Å². The topological polar surface area (TPSA) is 104 Å². The van der Waals surface area contributed by atoms with Crippen LogP contribution in [0.5, 0.6) is 0 Å². The van der Waals surface area contributed by atoms with Crippen molar-refractivity contribution in [3.63, 3.8) is 0 Å². The number of hydrogen-bond donors (Lipinski definition) is 2. The van der Waals surface area contributed by atoms with Gasteiger partial charge in [-0.1, -0.05) is 0 Å². The number of rotatable bonds is 3. The van der Waals surface area contributed by atoms with Crippen LogP contribution in [0.2, 0.25) is 0 Å². The third-order valence-corrected chi connectivity index (χ3v) is 3.52. The van der Waals surface area contributed by atoms with Crippen molar-refractivity contribution < 1.29 is 19.5 Å². The summed E-state index contributed by atoms with van der Waals surface area (Å²) in [5, 5.41) is 8.63. The lowest BCUT2D eigenvalue weighted by Gasteiger charge is -2.41. The zero-order chi connectivity index (χ0) is 13.3. The first kappa shape index (κ1) is 12.7. The molecule has 3 N–H and O–H groups in total. The lowest BCUT2D eigenvalue weighted by atomic mass is 9.97. The minimum Gasteiger partial charge on any atom is -0.481 e. The third kappa shape index (κ3) is 2.39. The highest BCUT2D eigenvalue weighted by Gasteiger charge is 2.39. The van der Waals surface area contributed by atoms with Crippen LogP contribution in [0.4, 0.5) is 4.79 Å². The quantitative estimate of drug-likeness (QED) is 0.706. The zero-order valence-electron chi connectivity index (χ0n) is 10.0. The van der Waals surface area contributed by atoms with E-state index < -0.39 is 17.9 Å². The normalized spacial score (nSPS) is 23.9. The zero-order valence-corrected chi connectivity index (χ0v) is 10.0. The van der Waals surface area contributed by atoms with Crippen LogP contribution in [0.1, 0.15) is 19.3 Å². The molecule has 2 rings (SSSR count). The average Bonchev–Trinajstić information content (AvgIpc) is 2.70. The maximum Gasteiger partial charge on any atom is 0.320 e. The van der Waals surface area contributed by atoms with Crippen molar-refractivity contribution in [2.24, 2.45) is 11.7 Å². The van der Waals surface area contributed by atoms with E-state index in [-0.39, 0.29) is 18.4 Å². The number of hydrogen-bond acceptors (Lipinski definition) is 3. The van der Waals surface area contributed by atoms with E-state index in [1.54, 1.807) is 4.90 Å². The summed E-state index contributed by atoms with van der Waals surface area (Å²) < 4.78 is 0. The fourth-order valence-electron chi connectivity index (χ4n) is 2.58. The predicted molar refractivity (Wildman–Crippen MR) is 61.6 cm³/mol. The Hall–Kier alpha value is -1.79. The van der Waals surface area contributed by atoms with Crippen LogP contribution >= 0.6 is 0 Å². The van der Waals surface area contributed by atoms with Crippen molar-refractivity contribution in [1.29, 1.82) is 0 Å². The van der Waals surface area contributed by atoms with Crippen molar-refractivity contribution in [2.75, 3.05) is 19.6 Å². The van der Waals surface area contributed by atoms with Crippen molar-refractivity contribution in [3.05, 3.63) is 0 Å². The molecule has 0 aliphatic carbocycles. The first-order valence-electron chi connectivity index (χ1n) is 6.05. The summed E-state index contributed by atoms with van der Waals surface area (Å²) in [6.45, 7) is 1.45. The molecular formula is C11H17N3O4. The van der Waals surface area contributed by atoms with Crippen molar-refractivity contribution in [1.82, 2.24) is 9.80 Å². The van der Waals surface area contributed by atoms with Gasteiger partial charge in [0.2, 0.25) is 5.91 Å². The predicted octanol–water partition coefficient (Wildman–Crippen LogP) is -0.537.